The summed E-state index contributed by atoms with van der Waals surface area (Å²) in [5.41, 5.74) is 3.00. The quantitative estimate of drug-likeness (QED) is 0.915. The fraction of sp³-hybridized carbons (Fsp3) is 0.278. The molecule has 4 nitrogen and oxygen atoms in total. The van der Waals surface area contributed by atoms with Crippen molar-refractivity contribution >= 4 is 11.6 Å². The second-order valence-electron chi connectivity index (χ2n) is 5.60. The van der Waals surface area contributed by atoms with E-state index in [4.69, 9.17) is 0 Å². The molecule has 1 heterocycles. The van der Waals surface area contributed by atoms with Gasteiger partial charge in [-0.25, -0.2) is 0 Å². The first-order valence-electron chi connectivity index (χ1n) is 7.51. The van der Waals surface area contributed by atoms with Gasteiger partial charge in [0.15, 0.2) is 0 Å². The van der Waals surface area contributed by atoms with E-state index < -0.39 is 0 Å². The summed E-state index contributed by atoms with van der Waals surface area (Å²) >= 11 is 0. The summed E-state index contributed by atoms with van der Waals surface area (Å²) in [6.07, 6.45) is 0. The van der Waals surface area contributed by atoms with Crippen LogP contribution in [0.1, 0.15) is 24.1 Å². The molecule has 2 aromatic rings. The Balaban J connectivity index is 1.99. The molecule has 2 N–H and O–H groups in total. The van der Waals surface area contributed by atoms with Gasteiger partial charge in [0.1, 0.15) is 6.04 Å². The van der Waals surface area contributed by atoms with Gasteiger partial charge in [-0.1, -0.05) is 48.5 Å². The highest BCUT2D eigenvalue weighted by Crippen LogP contribution is 2.29. The van der Waals surface area contributed by atoms with E-state index >= 15 is 0 Å². The van der Waals surface area contributed by atoms with Crippen molar-refractivity contribution < 1.29 is 9.90 Å². The van der Waals surface area contributed by atoms with Crippen molar-refractivity contribution in [2.24, 2.45) is 0 Å². The minimum Gasteiger partial charge on any atom is -0.394 e. The van der Waals surface area contributed by atoms with Gasteiger partial charge < -0.3 is 15.3 Å². The van der Waals surface area contributed by atoms with E-state index in [2.05, 4.69) is 5.32 Å². The third kappa shape index (κ3) is 2.70. The number of carbonyl (C=O) groups excluding carboxylic acids is 1. The van der Waals surface area contributed by atoms with Crippen molar-refractivity contribution in [3.05, 3.63) is 65.7 Å². The first-order valence-corrected chi connectivity index (χ1v) is 7.51. The second kappa shape index (κ2) is 6.20. The van der Waals surface area contributed by atoms with E-state index in [1.165, 1.54) is 0 Å². The van der Waals surface area contributed by atoms with Crippen LogP contribution in [-0.2, 0) is 11.3 Å². The van der Waals surface area contributed by atoms with E-state index in [1.54, 1.807) is 4.90 Å². The van der Waals surface area contributed by atoms with E-state index in [-0.39, 0.29) is 24.6 Å². The summed E-state index contributed by atoms with van der Waals surface area (Å²) < 4.78 is 0. The van der Waals surface area contributed by atoms with Gasteiger partial charge in [0.2, 0.25) is 5.91 Å². The maximum absolute atomic E-state index is 12.7. The van der Waals surface area contributed by atoms with Crippen molar-refractivity contribution in [1.82, 2.24) is 4.90 Å². The summed E-state index contributed by atoms with van der Waals surface area (Å²) in [4.78, 5) is 14.5. The van der Waals surface area contributed by atoms with Crippen LogP contribution in [0.4, 0.5) is 5.69 Å². The normalized spacial score (nSPS) is 19.1. The zero-order valence-electron chi connectivity index (χ0n) is 12.6. The monoisotopic (exact) mass is 296 g/mol. The summed E-state index contributed by atoms with van der Waals surface area (Å²) in [6, 6.07) is 17.0. The number of fused-ring (bicyclic) bond motifs is 1. The number of amides is 1. The van der Waals surface area contributed by atoms with Crippen LogP contribution in [0.15, 0.2) is 54.6 Å². The first-order chi connectivity index (χ1) is 10.7. The Morgan fingerprint density at radius 2 is 1.86 bits per heavy atom. The van der Waals surface area contributed by atoms with Gasteiger partial charge in [0.25, 0.3) is 0 Å². The Hall–Kier alpha value is -2.33. The maximum Gasteiger partial charge on any atom is 0.245 e. The van der Waals surface area contributed by atoms with E-state index in [9.17, 15) is 9.90 Å². The van der Waals surface area contributed by atoms with Crippen LogP contribution >= 0.6 is 0 Å². The van der Waals surface area contributed by atoms with Gasteiger partial charge in [-0.2, -0.15) is 0 Å². The number of hydrogen-bond acceptors (Lipinski definition) is 3. The van der Waals surface area contributed by atoms with Crippen LogP contribution in [0.25, 0.3) is 0 Å². The third-order valence-electron chi connectivity index (χ3n) is 4.12. The van der Waals surface area contributed by atoms with Crippen LogP contribution < -0.4 is 5.32 Å². The lowest BCUT2D eigenvalue weighted by molar-refractivity contribution is -0.135. The topological polar surface area (TPSA) is 52.6 Å². The van der Waals surface area contributed by atoms with Crippen molar-refractivity contribution in [2.75, 3.05) is 11.9 Å². The minimum atomic E-state index is -0.330. The average Bonchev–Trinajstić information content (AvgIpc) is 2.67. The Morgan fingerprint density at radius 1 is 1.18 bits per heavy atom. The van der Waals surface area contributed by atoms with Crippen LogP contribution in [0, 0.1) is 0 Å². The first kappa shape index (κ1) is 14.6. The SMILES string of the molecule is C[C@H]1Nc2ccccc2CN([C@@H](CO)c2ccccc2)C1=O. The smallest absolute Gasteiger partial charge is 0.245 e. The number of para-hydroxylation sites is 1. The highest BCUT2D eigenvalue weighted by molar-refractivity contribution is 5.86. The highest BCUT2D eigenvalue weighted by Gasteiger charge is 2.31. The number of aliphatic hydroxyl groups is 1. The van der Waals surface area contributed by atoms with Gasteiger partial charge in [0.05, 0.1) is 12.6 Å². The number of nitrogens with one attached hydrogen (secondary N) is 1. The number of nitrogens with zero attached hydrogens (tertiary/aromatic N) is 1. The Morgan fingerprint density at radius 3 is 2.59 bits per heavy atom. The van der Waals surface area contributed by atoms with Crippen molar-refractivity contribution in [3.63, 3.8) is 0 Å². The van der Waals surface area contributed by atoms with Crippen LogP contribution in [-0.4, -0.2) is 28.6 Å². The molecule has 0 radical (unpaired) electrons. The summed E-state index contributed by atoms with van der Waals surface area (Å²) in [5, 5.41) is 13.1. The zero-order valence-corrected chi connectivity index (χ0v) is 12.6. The highest BCUT2D eigenvalue weighted by atomic mass is 16.3. The number of rotatable bonds is 3. The molecule has 1 aliphatic heterocycles. The number of anilines is 1. The Kier molecular flexibility index (Phi) is 4.11. The van der Waals surface area contributed by atoms with Crippen molar-refractivity contribution in [3.8, 4) is 0 Å². The molecule has 0 fully saturated rings. The molecular weight excluding hydrogens is 276 g/mol. The number of carbonyl (C=O) groups is 1. The Labute approximate surface area is 130 Å². The predicted octanol–water partition coefficient (Wildman–Crippen LogP) is 2.56. The van der Waals surface area contributed by atoms with E-state index in [1.807, 2.05) is 61.5 Å². The molecule has 0 aromatic heterocycles. The van der Waals surface area contributed by atoms with Crippen LogP contribution in [0.3, 0.4) is 0 Å². The molecular formula is C18H20N2O2. The molecule has 0 saturated heterocycles. The molecule has 0 unspecified atom stereocenters. The molecule has 1 aliphatic rings. The predicted molar refractivity (Wildman–Crippen MR) is 86.3 cm³/mol. The van der Waals surface area contributed by atoms with Gasteiger partial charge >= 0.3 is 0 Å². The average molecular weight is 296 g/mol. The molecule has 22 heavy (non-hydrogen) atoms. The summed E-state index contributed by atoms with van der Waals surface area (Å²) in [6.45, 7) is 2.26. The minimum absolute atomic E-state index is 0.000830. The molecule has 1 amide bonds. The number of hydrogen-bond donors (Lipinski definition) is 2. The van der Waals surface area contributed by atoms with Crippen molar-refractivity contribution in [2.45, 2.75) is 25.6 Å². The number of benzene rings is 2. The summed E-state index contributed by atoms with van der Waals surface area (Å²) in [5.74, 6) is -0.000830. The molecule has 3 rings (SSSR count). The number of aliphatic hydroxyl groups excluding tert-OH is 1. The van der Waals surface area contributed by atoms with E-state index in [0.29, 0.717) is 6.54 Å². The second-order valence-corrected chi connectivity index (χ2v) is 5.60. The zero-order chi connectivity index (χ0) is 15.5. The van der Waals surface area contributed by atoms with Gasteiger partial charge in [-0.15, -0.1) is 0 Å². The fourth-order valence-electron chi connectivity index (χ4n) is 2.93. The van der Waals surface area contributed by atoms with Gasteiger partial charge in [0, 0.05) is 12.2 Å². The largest absolute Gasteiger partial charge is 0.394 e. The molecule has 0 bridgehead atoms. The van der Waals surface area contributed by atoms with E-state index in [0.717, 1.165) is 16.8 Å². The standard InChI is InChI=1S/C18H20N2O2/c1-13-18(22)20(11-15-9-5-6-10-16(15)19-13)17(12-21)14-7-3-2-4-8-14/h2-10,13,17,19,21H,11-12H2,1H3/t13-,17+/m1/s1. The molecule has 2 atom stereocenters. The van der Waals surface area contributed by atoms with Crippen LogP contribution in [0.5, 0.6) is 0 Å². The lowest BCUT2D eigenvalue weighted by Crippen LogP contribution is -2.42. The maximum atomic E-state index is 12.7. The molecule has 114 valence electrons. The third-order valence-corrected chi connectivity index (χ3v) is 4.12. The molecule has 0 aliphatic carbocycles. The van der Waals surface area contributed by atoms with Gasteiger partial charge in [-0.3, -0.25) is 4.79 Å². The summed E-state index contributed by atoms with van der Waals surface area (Å²) in [7, 11) is 0. The fourth-order valence-corrected chi connectivity index (χ4v) is 2.93. The molecule has 0 spiro atoms. The lowest BCUT2D eigenvalue weighted by atomic mass is 10.0. The molecule has 4 heteroatoms. The molecule has 0 saturated carbocycles. The van der Waals surface area contributed by atoms with Crippen molar-refractivity contribution in [1.29, 1.82) is 0 Å². The lowest BCUT2D eigenvalue weighted by Gasteiger charge is -2.31. The van der Waals surface area contributed by atoms with Gasteiger partial charge in [-0.05, 0) is 24.1 Å². The Bertz CT molecular complexity index is 657. The molecule has 2 aromatic carbocycles. The van der Waals surface area contributed by atoms with Crippen LogP contribution in [0.2, 0.25) is 0 Å².